The van der Waals surface area contributed by atoms with Gasteiger partial charge in [0.05, 0.1) is 31.3 Å². The molecule has 2 unspecified atom stereocenters. The van der Waals surface area contributed by atoms with Crippen LogP contribution >= 0.6 is 11.6 Å². The Bertz CT molecular complexity index is 2850. The Morgan fingerprint density at radius 3 is 2.02 bits per heavy atom. The molecule has 8 aromatic rings. The molecule has 5 heterocycles. The normalized spacial score (nSPS) is 19.7. The van der Waals surface area contributed by atoms with E-state index in [1.807, 2.05) is 91.1 Å². The monoisotopic (exact) mass is 847 g/mol. The molecule has 0 aliphatic carbocycles. The van der Waals surface area contributed by atoms with Crippen molar-refractivity contribution in [3.63, 3.8) is 0 Å². The second-order valence-corrected chi connectivity index (χ2v) is 17.2. The number of rotatable bonds is 12. The van der Waals surface area contributed by atoms with Gasteiger partial charge in [-0.25, -0.2) is 4.98 Å². The number of fused-ring (bicyclic) bond motifs is 4. The first-order valence-electron chi connectivity index (χ1n) is 21.6. The van der Waals surface area contributed by atoms with E-state index in [4.69, 9.17) is 36.0 Å². The van der Waals surface area contributed by atoms with E-state index in [0.29, 0.717) is 34.3 Å². The number of quaternary nitrogens is 1. The van der Waals surface area contributed by atoms with Crippen molar-refractivity contribution in [3.8, 4) is 62.1 Å². The SMILES string of the molecule is C=C[C@H]1C[N+]2(Cc3cc(-c4ccccc4)c(OC)c(-c4ccccc4)c3)CC[C@H]1C[C@@H]2C(Oc1nc(-c2ccccc2)nc(Cl)c1-c1ccccc1)c1ccnc2ccc(O)cc12. The molecule has 2 bridgehead atoms. The van der Waals surface area contributed by atoms with E-state index < -0.39 is 6.10 Å². The summed E-state index contributed by atoms with van der Waals surface area (Å²) in [6, 6.07) is 52.9. The van der Waals surface area contributed by atoms with Gasteiger partial charge in [-0.05, 0) is 59.0 Å². The van der Waals surface area contributed by atoms with Gasteiger partial charge in [-0.3, -0.25) is 4.98 Å². The predicted octanol–water partition coefficient (Wildman–Crippen LogP) is 12.8. The fraction of sp³-hybridized carbons (Fsp3) is 0.182. The number of methoxy groups -OCH3 is 1. The van der Waals surface area contributed by atoms with E-state index in [9.17, 15) is 5.11 Å². The molecular weight excluding hydrogens is 800 g/mol. The molecule has 0 radical (unpaired) electrons. The second-order valence-electron chi connectivity index (χ2n) is 16.9. The Labute approximate surface area is 373 Å². The number of hydrogen-bond donors (Lipinski definition) is 1. The third-order valence-corrected chi connectivity index (χ3v) is 13.5. The molecule has 312 valence electrons. The smallest absolute Gasteiger partial charge is 0.227 e. The lowest BCUT2D eigenvalue weighted by molar-refractivity contribution is -0.984. The molecule has 6 aromatic carbocycles. The van der Waals surface area contributed by atoms with Gasteiger partial charge in [0.1, 0.15) is 29.2 Å². The summed E-state index contributed by atoms with van der Waals surface area (Å²) >= 11 is 7.24. The molecule has 0 amide bonds. The van der Waals surface area contributed by atoms with Crippen molar-refractivity contribution >= 4 is 22.5 Å². The largest absolute Gasteiger partial charge is 0.508 e. The molecule has 7 nitrogen and oxygen atoms in total. The van der Waals surface area contributed by atoms with Gasteiger partial charge in [-0.1, -0.05) is 139 Å². The maximum atomic E-state index is 11.0. The lowest BCUT2D eigenvalue weighted by Crippen LogP contribution is -2.68. The molecule has 63 heavy (non-hydrogen) atoms. The van der Waals surface area contributed by atoms with Crippen LogP contribution in [-0.2, 0) is 6.54 Å². The van der Waals surface area contributed by atoms with Gasteiger partial charge >= 0.3 is 0 Å². The van der Waals surface area contributed by atoms with Gasteiger partial charge in [0.25, 0.3) is 0 Å². The van der Waals surface area contributed by atoms with Crippen LogP contribution in [0.4, 0.5) is 0 Å². The summed E-state index contributed by atoms with van der Waals surface area (Å²) in [5.41, 5.74) is 9.53. The minimum absolute atomic E-state index is 0.0482. The summed E-state index contributed by atoms with van der Waals surface area (Å²) in [6.45, 7) is 6.97. The first-order valence-corrected chi connectivity index (χ1v) is 22.0. The van der Waals surface area contributed by atoms with Crippen LogP contribution in [-0.4, -0.2) is 50.8 Å². The Hall–Kier alpha value is -6.80. The number of halogens is 1. The summed E-state index contributed by atoms with van der Waals surface area (Å²) in [4.78, 5) is 14.8. The minimum atomic E-state index is -0.539. The minimum Gasteiger partial charge on any atom is -0.508 e. The molecule has 3 fully saturated rings. The highest BCUT2D eigenvalue weighted by molar-refractivity contribution is 6.32. The van der Waals surface area contributed by atoms with E-state index in [-0.39, 0.29) is 11.8 Å². The molecule has 0 spiro atoms. The van der Waals surface area contributed by atoms with Crippen LogP contribution in [0.3, 0.4) is 0 Å². The number of ether oxygens (including phenoxy) is 2. The highest BCUT2D eigenvalue weighted by atomic mass is 35.5. The third-order valence-electron chi connectivity index (χ3n) is 13.3. The summed E-state index contributed by atoms with van der Waals surface area (Å²) < 4.78 is 14.6. The number of nitrogens with zero attached hydrogens (tertiary/aromatic N) is 4. The number of aromatic nitrogens is 3. The average molecular weight is 848 g/mol. The van der Waals surface area contributed by atoms with Crippen LogP contribution < -0.4 is 9.47 Å². The number of benzene rings is 6. The van der Waals surface area contributed by atoms with Crippen LogP contribution in [0, 0.1) is 11.8 Å². The fourth-order valence-corrected chi connectivity index (χ4v) is 10.6. The van der Waals surface area contributed by atoms with E-state index >= 15 is 0 Å². The Kier molecular flexibility index (Phi) is 11.0. The van der Waals surface area contributed by atoms with Crippen LogP contribution in [0.2, 0.25) is 5.15 Å². The number of phenols is 1. The predicted molar refractivity (Wildman–Crippen MR) is 252 cm³/mol. The van der Waals surface area contributed by atoms with E-state index in [2.05, 4.69) is 79.4 Å². The Morgan fingerprint density at radius 2 is 1.40 bits per heavy atom. The highest BCUT2D eigenvalue weighted by Crippen LogP contribution is 2.51. The summed E-state index contributed by atoms with van der Waals surface area (Å²) in [5.74, 6) is 2.64. The Balaban J connectivity index is 1.18. The summed E-state index contributed by atoms with van der Waals surface area (Å²) in [7, 11) is 1.76. The molecule has 5 atom stereocenters. The van der Waals surface area contributed by atoms with Crippen molar-refractivity contribution in [2.45, 2.75) is 31.5 Å². The zero-order chi connectivity index (χ0) is 42.9. The standard InChI is InChI=1S/C55H47ClN4O3/c1-3-37-35-60(34-36-30-45(38-16-8-4-9-17-38)51(62-2)46(31-36)39-18-10-5-11-19-39)29-27-42(37)32-49(60)52(44-26-28-57-48-25-24-43(61)33-47(44)48)63-55-50(40-20-12-6-13-21-40)53(56)58-54(59-55)41-22-14-7-15-23-41/h3-26,28,30-31,33,37,42,49,52H,1,27,29,32,34-35H2,2H3/p+1/t37-,42-,49+,52?,60?/m0/s1. The van der Waals surface area contributed by atoms with Crippen molar-refractivity contribution < 1.29 is 19.1 Å². The van der Waals surface area contributed by atoms with Gasteiger partial charge < -0.3 is 19.1 Å². The molecule has 0 saturated carbocycles. The van der Waals surface area contributed by atoms with Gasteiger partial charge in [0.2, 0.25) is 5.88 Å². The van der Waals surface area contributed by atoms with Crippen LogP contribution in [0.1, 0.15) is 30.1 Å². The van der Waals surface area contributed by atoms with Gasteiger partial charge in [-0.2, -0.15) is 4.98 Å². The molecule has 3 aliphatic rings. The zero-order valence-corrected chi connectivity index (χ0v) is 35.9. The molecule has 8 heteroatoms. The number of hydrogen-bond acceptors (Lipinski definition) is 6. The Morgan fingerprint density at radius 1 is 0.778 bits per heavy atom. The summed E-state index contributed by atoms with van der Waals surface area (Å²) in [6.07, 6.45) is 5.44. The first kappa shape index (κ1) is 40.3. The molecular formula is C55H48ClN4O3+. The van der Waals surface area contributed by atoms with Gasteiger partial charge in [0, 0.05) is 58.2 Å². The first-order chi connectivity index (χ1) is 30.9. The lowest BCUT2D eigenvalue weighted by atomic mass is 9.71. The maximum absolute atomic E-state index is 11.0. The molecule has 2 aromatic heterocycles. The average Bonchev–Trinajstić information content (AvgIpc) is 3.33. The van der Waals surface area contributed by atoms with Crippen molar-refractivity contribution in [1.82, 2.24) is 15.0 Å². The van der Waals surface area contributed by atoms with Crippen LogP contribution in [0.25, 0.3) is 55.7 Å². The van der Waals surface area contributed by atoms with E-state index in [0.717, 1.165) is 92.6 Å². The zero-order valence-electron chi connectivity index (χ0n) is 35.1. The number of aromatic hydroxyl groups is 1. The highest BCUT2D eigenvalue weighted by Gasteiger charge is 2.55. The second kappa shape index (κ2) is 17.2. The number of phenolic OH excluding ortho intramolecular Hbond substituents is 1. The lowest BCUT2D eigenvalue weighted by Gasteiger charge is -2.58. The van der Waals surface area contributed by atoms with E-state index in [1.165, 1.54) is 5.56 Å². The fourth-order valence-electron chi connectivity index (χ4n) is 10.3. The molecule has 1 N–H and O–H groups in total. The van der Waals surface area contributed by atoms with Crippen LogP contribution in [0.5, 0.6) is 17.4 Å². The summed E-state index contributed by atoms with van der Waals surface area (Å²) in [5, 5.41) is 12.1. The maximum Gasteiger partial charge on any atom is 0.227 e. The third kappa shape index (κ3) is 7.73. The molecule has 11 rings (SSSR count). The van der Waals surface area contributed by atoms with E-state index in [1.54, 1.807) is 13.2 Å². The number of piperidine rings is 3. The quantitative estimate of drug-likeness (QED) is 0.0750. The van der Waals surface area contributed by atoms with Crippen LogP contribution in [0.15, 0.2) is 177 Å². The molecule has 3 saturated heterocycles. The van der Waals surface area contributed by atoms with Crippen molar-refractivity contribution in [2.75, 3.05) is 20.2 Å². The van der Waals surface area contributed by atoms with Gasteiger partial charge in [-0.15, -0.1) is 6.58 Å². The van der Waals surface area contributed by atoms with Crippen molar-refractivity contribution in [3.05, 3.63) is 193 Å². The topological polar surface area (TPSA) is 77.4 Å². The van der Waals surface area contributed by atoms with Gasteiger partial charge in [0.15, 0.2) is 11.9 Å². The molecule has 3 aliphatic heterocycles. The van der Waals surface area contributed by atoms with Crippen molar-refractivity contribution in [1.29, 1.82) is 0 Å². The number of pyridine rings is 1. The van der Waals surface area contributed by atoms with Crippen molar-refractivity contribution in [2.24, 2.45) is 11.8 Å².